The topological polar surface area (TPSA) is 110 Å². The summed E-state index contributed by atoms with van der Waals surface area (Å²) in [5, 5.41) is 18.7. The fourth-order valence-corrected chi connectivity index (χ4v) is 5.15. The summed E-state index contributed by atoms with van der Waals surface area (Å²) in [6.45, 7) is 3.33. The van der Waals surface area contributed by atoms with Crippen molar-refractivity contribution in [2.75, 3.05) is 33.5 Å². The molecule has 1 aliphatic heterocycles. The van der Waals surface area contributed by atoms with Crippen LogP contribution in [0.25, 0.3) is 0 Å². The number of phenolic OH excluding ortho intramolecular Hbond substituents is 1. The number of carbonyl (C=O) groups excluding carboxylic acids is 2. The molecule has 1 heterocycles. The van der Waals surface area contributed by atoms with E-state index in [9.17, 15) is 19.1 Å². The quantitative estimate of drug-likeness (QED) is 0.305. The van der Waals surface area contributed by atoms with Crippen molar-refractivity contribution in [3.63, 3.8) is 0 Å². The zero-order chi connectivity index (χ0) is 28.5. The Morgan fingerprint density at radius 3 is 2.60 bits per heavy atom. The third-order valence-corrected chi connectivity index (χ3v) is 7.13. The second-order valence-corrected chi connectivity index (χ2v) is 9.69. The maximum atomic E-state index is 13.6. The smallest absolute Gasteiger partial charge is 0.279 e. The number of hydrogen-bond acceptors (Lipinski definition) is 8. The minimum absolute atomic E-state index is 0.0737. The van der Waals surface area contributed by atoms with E-state index < -0.39 is 17.1 Å². The van der Waals surface area contributed by atoms with Crippen LogP contribution in [0.4, 0.5) is 4.39 Å². The first-order chi connectivity index (χ1) is 19.4. The number of para-hydroxylation sites is 2. The third-order valence-electron chi connectivity index (χ3n) is 5.91. The maximum absolute atomic E-state index is 13.6. The van der Waals surface area contributed by atoms with Crippen molar-refractivity contribution in [3.8, 4) is 17.2 Å². The van der Waals surface area contributed by atoms with E-state index in [1.54, 1.807) is 42.5 Å². The Bertz CT molecular complexity index is 1370. The molecule has 0 spiro atoms. The highest BCUT2D eigenvalue weighted by molar-refractivity contribution is 8.14. The van der Waals surface area contributed by atoms with E-state index in [0.29, 0.717) is 53.8 Å². The van der Waals surface area contributed by atoms with Crippen LogP contribution in [-0.2, 0) is 9.53 Å². The van der Waals surface area contributed by atoms with Gasteiger partial charge in [-0.3, -0.25) is 9.59 Å². The first kappa shape index (κ1) is 28.9. The van der Waals surface area contributed by atoms with Crippen LogP contribution in [0.1, 0.15) is 40.2 Å². The Hall–Kier alpha value is -4.09. The van der Waals surface area contributed by atoms with Gasteiger partial charge in [0, 0.05) is 30.9 Å². The predicted octanol–water partition coefficient (Wildman–Crippen LogP) is 4.71. The van der Waals surface area contributed by atoms with Gasteiger partial charge in [0.25, 0.3) is 11.8 Å². The van der Waals surface area contributed by atoms with Gasteiger partial charge >= 0.3 is 0 Å². The van der Waals surface area contributed by atoms with Gasteiger partial charge in [0.15, 0.2) is 18.1 Å². The lowest BCUT2D eigenvalue weighted by molar-refractivity contribution is -0.123. The van der Waals surface area contributed by atoms with Crippen molar-refractivity contribution in [3.05, 3.63) is 89.2 Å². The second-order valence-electron chi connectivity index (χ2n) is 8.62. The largest absolute Gasteiger partial charge is 0.507 e. The Morgan fingerprint density at radius 1 is 1.10 bits per heavy atom. The Labute approximate surface area is 235 Å². The van der Waals surface area contributed by atoms with Crippen LogP contribution in [0.15, 0.2) is 71.8 Å². The zero-order valence-electron chi connectivity index (χ0n) is 22.1. The number of halogens is 1. The van der Waals surface area contributed by atoms with Gasteiger partial charge < -0.3 is 24.6 Å². The molecule has 3 aromatic rings. The number of rotatable bonds is 12. The fourth-order valence-electron chi connectivity index (χ4n) is 3.97. The Morgan fingerprint density at radius 2 is 1.88 bits per heavy atom. The molecule has 210 valence electrons. The number of carbonyl (C=O) groups is 2. The third kappa shape index (κ3) is 6.91. The van der Waals surface area contributed by atoms with E-state index in [2.05, 4.69) is 10.4 Å². The molecule has 1 atom stereocenters. The summed E-state index contributed by atoms with van der Waals surface area (Å²) < 4.78 is 30.3. The highest BCUT2D eigenvalue weighted by Crippen LogP contribution is 2.47. The normalized spacial score (nSPS) is 14.5. The number of amides is 2. The molecule has 2 N–H and O–H groups in total. The summed E-state index contributed by atoms with van der Waals surface area (Å²) in [6, 6.07) is 17.2. The maximum Gasteiger partial charge on any atom is 0.279 e. The van der Waals surface area contributed by atoms with Gasteiger partial charge in [-0.2, -0.15) is 5.10 Å². The summed E-state index contributed by atoms with van der Waals surface area (Å²) in [5.41, 5.74) is 1.26. The molecule has 0 saturated heterocycles. The fraction of sp³-hybridized carbons (Fsp3) is 0.276. The number of methoxy groups -OCH3 is 1. The molecular formula is C29H30FN3O6S. The number of thioether (sulfide) groups is 1. The second kappa shape index (κ2) is 13.8. The van der Waals surface area contributed by atoms with E-state index >= 15 is 0 Å². The molecule has 40 heavy (non-hydrogen) atoms. The number of nitrogens with zero attached hydrogens (tertiary/aromatic N) is 2. The molecule has 0 aliphatic carbocycles. The van der Waals surface area contributed by atoms with Gasteiger partial charge in [-0.15, -0.1) is 0 Å². The zero-order valence-corrected chi connectivity index (χ0v) is 22.9. The summed E-state index contributed by atoms with van der Waals surface area (Å²) >= 11 is 1.26. The molecule has 0 aromatic heterocycles. The van der Waals surface area contributed by atoms with Crippen LogP contribution in [0.3, 0.4) is 0 Å². The van der Waals surface area contributed by atoms with Gasteiger partial charge in [0.05, 0.1) is 12.7 Å². The molecular weight excluding hydrogens is 537 g/mol. The van der Waals surface area contributed by atoms with Gasteiger partial charge in [-0.25, -0.2) is 9.40 Å². The number of benzene rings is 3. The monoisotopic (exact) mass is 567 g/mol. The molecule has 1 unspecified atom stereocenters. The average molecular weight is 568 g/mol. The van der Waals surface area contributed by atoms with Crippen molar-refractivity contribution >= 4 is 28.6 Å². The number of hydrogen-bond donors (Lipinski definition) is 2. The lowest BCUT2D eigenvalue weighted by Crippen LogP contribution is -2.30. The van der Waals surface area contributed by atoms with Gasteiger partial charge in [-0.1, -0.05) is 36.0 Å². The summed E-state index contributed by atoms with van der Waals surface area (Å²) in [7, 11) is 1.47. The molecule has 4 rings (SSSR count). The molecule has 2 amide bonds. The first-order valence-electron chi connectivity index (χ1n) is 12.7. The molecule has 0 bridgehead atoms. The Balaban J connectivity index is 1.59. The van der Waals surface area contributed by atoms with Gasteiger partial charge in [0.2, 0.25) is 0 Å². The van der Waals surface area contributed by atoms with Gasteiger partial charge in [0.1, 0.15) is 22.0 Å². The number of aromatic hydroxyl groups is 1. The minimum atomic E-state index is -0.710. The highest BCUT2D eigenvalue weighted by atomic mass is 32.2. The van der Waals surface area contributed by atoms with Crippen molar-refractivity contribution in [2.24, 2.45) is 5.10 Å². The molecule has 0 radical (unpaired) electrons. The van der Waals surface area contributed by atoms with Crippen LogP contribution in [0, 0.1) is 5.82 Å². The highest BCUT2D eigenvalue weighted by Gasteiger charge is 2.37. The molecule has 1 aliphatic rings. The molecule has 9 nitrogen and oxygen atoms in total. The molecule has 11 heteroatoms. The van der Waals surface area contributed by atoms with E-state index in [4.69, 9.17) is 14.2 Å². The summed E-state index contributed by atoms with van der Waals surface area (Å²) in [5.74, 6) is -0.760. The minimum Gasteiger partial charge on any atom is -0.507 e. The summed E-state index contributed by atoms with van der Waals surface area (Å²) in [6.07, 6.45) is 0.689. The van der Waals surface area contributed by atoms with Crippen molar-refractivity contribution in [2.45, 2.75) is 18.7 Å². The van der Waals surface area contributed by atoms with E-state index in [-0.39, 0.29) is 23.8 Å². The standard InChI is InChI=1S/C29H30FN3O6S/c1-3-38-17-7-16-31-25(35)18-39-24-11-6-9-22(26(24)37-2)29-33(28(36)21-8-4-5-10-23(21)34)32-27(40-29)19-12-14-20(30)15-13-19/h4-6,8-15,29,34H,3,7,16-18H2,1-2H3,(H,31,35). The number of nitrogens with one attached hydrogen (secondary N) is 1. The number of ether oxygens (including phenoxy) is 3. The molecule has 3 aromatic carbocycles. The van der Waals surface area contributed by atoms with Crippen LogP contribution in [0.2, 0.25) is 0 Å². The molecule has 0 saturated carbocycles. The lowest BCUT2D eigenvalue weighted by Gasteiger charge is -2.24. The number of phenols is 1. The van der Waals surface area contributed by atoms with Gasteiger partial charge in [-0.05, 0) is 55.8 Å². The SMILES string of the molecule is CCOCCCNC(=O)COc1cccc(C2SC(c3ccc(F)cc3)=NN2C(=O)c2ccccc2O)c1OC. The first-order valence-corrected chi connectivity index (χ1v) is 13.6. The van der Waals surface area contributed by atoms with Crippen molar-refractivity contribution < 1.29 is 33.3 Å². The Kier molecular flexibility index (Phi) is 9.98. The van der Waals surface area contributed by atoms with E-state index in [1.807, 2.05) is 6.92 Å². The number of hydrazone groups is 1. The predicted molar refractivity (Wildman–Crippen MR) is 150 cm³/mol. The average Bonchev–Trinajstić information content (AvgIpc) is 3.41. The van der Waals surface area contributed by atoms with Crippen LogP contribution in [0.5, 0.6) is 17.2 Å². The van der Waals surface area contributed by atoms with Crippen LogP contribution >= 0.6 is 11.8 Å². The van der Waals surface area contributed by atoms with E-state index in [1.165, 1.54) is 48.1 Å². The lowest BCUT2D eigenvalue weighted by atomic mass is 10.1. The van der Waals surface area contributed by atoms with E-state index in [0.717, 1.165) is 0 Å². The van der Waals surface area contributed by atoms with Crippen LogP contribution < -0.4 is 14.8 Å². The molecule has 0 fully saturated rings. The van der Waals surface area contributed by atoms with Crippen LogP contribution in [-0.4, -0.2) is 60.4 Å². The summed E-state index contributed by atoms with van der Waals surface area (Å²) in [4.78, 5) is 25.9. The van der Waals surface area contributed by atoms with Crippen molar-refractivity contribution in [1.82, 2.24) is 10.3 Å². The van der Waals surface area contributed by atoms with Crippen molar-refractivity contribution in [1.29, 1.82) is 0 Å².